The first-order valence-corrected chi connectivity index (χ1v) is 15.6. The molecule has 0 aliphatic heterocycles. The summed E-state index contributed by atoms with van der Waals surface area (Å²) in [6.45, 7) is 4.34. The van der Waals surface area contributed by atoms with Crippen LogP contribution in [0, 0.1) is 6.92 Å². The molecule has 9 heteroatoms. The minimum Gasteiger partial charge on any atom is -0.462 e. The van der Waals surface area contributed by atoms with Gasteiger partial charge in [-0.05, 0) is 91.2 Å². The van der Waals surface area contributed by atoms with Crippen LogP contribution >= 0.6 is 11.8 Å². The highest BCUT2D eigenvalue weighted by Gasteiger charge is 2.16. The van der Waals surface area contributed by atoms with Crippen LogP contribution in [-0.4, -0.2) is 36.1 Å². The lowest BCUT2D eigenvalue weighted by Crippen LogP contribution is -2.30. The molecule has 8 nitrogen and oxygen atoms in total. The molecule has 4 aromatic carbocycles. The maximum Gasteiger partial charge on any atom is 0.338 e. The Kier molecular flexibility index (Phi) is 12.1. The second kappa shape index (κ2) is 16.6. The van der Waals surface area contributed by atoms with Crippen LogP contribution in [0.1, 0.15) is 51.6 Å². The number of aryl methyl sites for hydroxylation is 1. The van der Waals surface area contributed by atoms with Crippen molar-refractivity contribution in [1.82, 2.24) is 5.32 Å². The summed E-state index contributed by atoms with van der Waals surface area (Å²) in [4.78, 5) is 51.6. The lowest BCUT2D eigenvalue weighted by Gasteiger charge is -2.12. The number of carbonyl (C=O) groups excluding carboxylic acids is 4. The van der Waals surface area contributed by atoms with Crippen molar-refractivity contribution in [3.8, 4) is 0 Å². The fourth-order valence-corrected chi connectivity index (χ4v) is 4.81. The van der Waals surface area contributed by atoms with Gasteiger partial charge >= 0.3 is 5.97 Å². The van der Waals surface area contributed by atoms with E-state index in [1.165, 1.54) is 11.8 Å². The van der Waals surface area contributed by atoms with Crippen LogP contribution in [0.3, 0.4) is 0 Å². The van der Waals surface area contributed by atoms with Crippen LogP contribution in [0.15, 0.2) is 114 Å². The van der Waals surface area contributed by atoms with Crippen LogP contribution in [-0.2, 0) is 14.3 Å². The summed E-state index contributed by atoms with van der Waals surface area (Å²) in [6.07, 6.45) is 3.42. The van der Waals surface area contributed by atoms with E-state index in [9.17, 15) is 19.2 Å². The minimum absolute atomic E-state index is 0.106. The molecule has 3 amide bonds. The number of nitrogens with one attached hydrogen (secondary N) is 3. The largest absolute Gasteiger partial charge is 0.462 e. The van der Waals surface area contributed by atoms with Gasteiger partial charge < -0.3 is 20.7 Å². The van der Waals surface area contributed by atoms with Gasteiger partial charge in [0.2, 0.25) is 5.91 Å². The van der Waals surface area contributed by atoms with Crippen molar-refractivity contribution in [1.29, 1.82) is 0 Å². The monoisotopic (exact) mass is 621 g/mol. The highest BCUT2D eigenvalue weighted by Crippen LogP contribution is 2.22. The molecule has 4 aromatic rings. The summed E-state index contributed by atoms with van der Waals surface area (Å²) >= 11 is 1.34. The van der Waals surface area contributed by atoms with Gasteiger partial charge in [0.25, 0.3) is 11.8 Å². The van der Waals surface area contributed by atoms with Gasteiger partial charge in [0, 0.05) is 21.8 Å². The molecular formula is C36H35N3O5S. The molecule has 0 unspecified atom stereocenters. The molecule has 0 atom stereocenters. The number of ether oxygens (including phenoxy) is 1. The van der Waals surface area contributed by atoms with E-state index in [1.54, 1.807) is 78.9 Å². The lowest BCUT2D eigenvalue weighted by atomic mass is 10.1. The van der Waals surface area contributed by atoms with E-state index < -0.39 is 11.8 Å². The number of esters is 1. The number of hydrogen-bond acceptors (Lipinski definition) is 6. The first kappa shape index (κ1) is 32.8. The van der Waals surface area contributed by atoms with Crippen molar-refractivity contribution in [3.05, 3.63) is 131 Å². The third kappa shape index (κ3) is 10.2. The first-order chi connectivity index (χ1) is 21.8. The van der Waals surface area contributed by atoms with E-state index in [1.807, 2.05) is 44.2 Å². The Morgan fingerprint density at radius 2 is 1.40 bits per heavy atom. The van der Waals surface area contributed by atoms with Crippen molar-refractivity contribution in [2.24, 2.45) is 0 Å². The Morgan fingerprint density at radius 1 is 0.756 bits per heavy atom. The standard InChI is InChI=1S/C36H35N3O5S/c1-3-4-22-44-36(43)27-14-16-29(17-15-27)37-33(40)24-45-31-20-18-30(19-21-31)38-35(42)32(23-28-13-9-8-10-25(28)2)39-34(41)26-11-6-5-7-12-26/h5-21,23H,3-4,22,24H2,1-2H3,(H,37,40)(H,38,42)(H,39,41)/b32-23-. The molecule has 3 N–H and O–H groups in total. The predicted octanol–water partition coefficient (Wildman–Crippen LogP) is 7.09. The third-order valence-corrected chi connectivity index (χ3v) is 7.65. The molecule has 0 aliphatic rings. The Labute approximate surface area is 267 Å². The molecule has 0 fully saturated rings. The van der Waals surface area contributed by atoms with Gasteiger partial charge in [-0.2, -0.15) is 0 Å². The zero-order chi connectivity index (χ0) is 32.0. The molecule has 0 heterocycles. The maximum absolute atomic E-state index is 13.3. The normalized spacial score (nSPS) is 10.9. The van der Waals surface area contributed by atoms with Gasteiger partial charge in [0.15, 0.2) is 0 Å². The molecule has 0 bridgehead atoms. The number of benzene rings is 4. The van der Waals surface area contributed by atoms with Crippen LogP contribution in [0.25, 0.3) is 6.08 Å². The van der Waals surface area contributed by atoms with Gasteiger partial charge in [-0.15, -0.1) is 11.8 Å². The van der Waals surface area contributed by atoms with E-state index in [0.717, 1.165) is 28.9 Å². The number of thioether (sulfide) groups is 1. The van der Waals surface area contributed by atoms with E-state index >= 15 is 0 Å². The highest BCUT2D eigenvalue weighted by atomic mass is 32.2. The number of amides is 3. The van der Waals surface area contributed by atoms with E-state index in [2.05, 4.69) is 16.0 Å². The molecular weight excluding hydrogens is 586 g/mol. The summed E-state index contributed by atoms with van der Waals surface area (Å²) in [7, 11) is 0. The topological polar surface area (TPSA) is 114 Å². The average Bonchev–Trinajstić information content (AvgIpc) is 3.06. The molecule has 45 heavy (non-hydrogen) atoms. The summed E-state index contributed by atoms with van der Waals surface area (Å²) < 4.78 is 5.21. The highest BCUT2D eigenvalue weighted by molar-refractivity contribution is 8.00. The SMILES string of the molecule is CCCCOC(=O)c1ccc(NC(=O)CSc2ccc(NC(=O)/C(=C/c3ccccc3C)NC(=O)c3ccccc3)cc2)cc1. The number of anilines is 2. The molecule has 0 radical (unpaired) electrons. The van der Waals surface area contributed by atoms with Gasteiger partial charge in [-0.1, -0.05) is 55.8 Å². The molecule has 0 saturated carbocycles. The molecule has 0 saturated heterocycles. The number of hydrogen-bond donors (Lipinski definition) is 3. The summed E-state index contributed by atoms with van der Waals surface area (Å²) in [5, 5.41) is 8.42. The Hall–Kier alpha value is -5.15. The van der Waals surface area contributed by atoms with E-state index in [0.29, 0.717) is 29.1 Å². The number of rotatable bonds is 13. The fraction of sp³-hybridized carbons (Fsp3) is 0.167. The first-order valence-electron chi connectivity index (χ1n) is 14.6. The quantitative estimate of drug-likeness (QED) is 0.0636. The van der Waals surface area contributed by atoms with Crippen LogP contribution in [0.5, 0.6) is 0 Å². The summed E-state index contributed by atoms with van der Waals surface area (Å²) in [5.74, 6) is -1.27. The minimum atomic E-state index is -0.470. The Bertz CT molecular complexity index is 1650. The van der Waals surface area contributed by atoms with E-state index in [-0.39, 0.29) is 23.3 Å². The predicted molar refractivity (Wildman–Crippen MR) is 179 cm³/mol. The fourth-order valence-electron chi connectivity index (χ4n) is 4.11. The maximum atomic E-state index is 13.3. The van der Waals surface area contributed by atoms with Crippen molar-refractivity contribution in [2.75, 3.05) is 23.0 Å². The Morgan fingerprint density at radius 3 is 2.09 bits per heavy atom. The van der Waals surface area contributed by atoms with Gasteiger partial charge in [-0.25, -0.2) is 4.79 Å². The molecule has 0 spiro atoms. The molecule has 230 valence electrons. The average molecular weight is 622 g/mol. The van der Waals surface area contributed by atoms with Crippen LogP contribution in [0.2, 0.25) is 0 Å². The number of carbonyl (C=O) groups is 4. The molecule has 4 rings (SSSR count). The van der Waals surface area contributed by atoms with Crippen LogP contribution < -0.4 is 16.0 Å². The van der Waals surface area contributed by atoms with Crippen LogP contribution in [0.4, 0.5) is 11.4 Å². The number of unbranched alkanes of at least 4 members (excludes halogenated alkanes) is 1. The molecule has 0 aliphatic carbocycles. The summed E-state index contributed by atoms with van der Waals surface area (Å²) in [5.41, 5.74) is 3.86. The zero-order valence-electron chi connectivity index (χ0n) is 25.2. The Balaban J connectivity index is 1.33. The van der Waals surface area contributed by atoms with Gasteiger partial charge in [0.1, 0.15) is 5.70 Å². The van der Waals surface area contributed by atoms with E-state index in [4.69, 9.17) is 4.74 Å². The van der Waals surface area contributed by atoms with Gasteiger partial charge in [-0.3, -0.25) is 14.4 Å². The third-order valence-electron chi connectivity index (χ3n) is 6.63. The van der Waals surface area contributed by atoms with Crippen molar-refractivity contribution in [2.45, 2.75) is 31.6 Å². The second-order valence-corrected chi connectivity index (χ2v) is 11.2. The summed E-state index contributed by atoms with van der Waals surface area (Å²) in [6, 6.07) is 29.9. The van der Waals surface area contributed by atoms with Crippen molar-refractivity contribution in [3.63, 3.8) is 0 Å². The second-order valence-electron chi connectivity index (χ2n) is 10.1. The smallest absolute Gasteiger partial charge is 0.338 e. The van der Waals surface area contributed by atoms with Crippen molar-refractivity contribution >= 4 is 52.9 Å². The lowest BCUT2D eigenvalue weighted by molar-refractivity contribution is -0.114. The van der Waals surface area contributed by atoms with Gasteiger partial charge in [0.05, 0.1) is 17.9 Å². The zero-order valence-corrected chi connectivity index (χ0v) is 26.0. The molecule has 0 aromatic heterocycles. The van der Waals surface area contributed by atoms with Crippen molar-refractivity contribution < 1.29 is 23.9 Å².